The van der Waals surface area contributed by atoms with Gasteiger partial charge in [0.15, 0.2) is 0 Å². The van der Waals surface area contributed by atoms with Crippen LogP contribution in [0, 0.1) is 0 Å². The number of nitrogens with one attached hydrogen (secondary N) is 1. The van der Waals surface area contributed by atoms with E-state index >= 15 is 0 Å². The number of hydrogen-bond acceptors (Lipinski definition) is 4. The molecule has 1 aliphatic rings. The summed E-state index contributed by atoms with van der Waals surface area (Å²) >= 11 is 0. The lowest BCUT2D eigenvalue weighted by Gasteiger charge is -2.27. The van der Waals surface area contributed by atoms with E-state index in [1.165, 1.54) is 10.9 Å². The van der Waals surface area contributed by atoms with Crippen LogP contribution in [0.1, 0.15) is 5.56 Å². The molecule has 3 heterocycles. The molecule has 0 spiro atoms. The lowest BCUT2D eigenvalue weighted by Crippen LogP contribution is -2.42. The van der Waals surface area contributed by atoms with Crippen LogP contribution in [-0.2, 0) is 6.54 Å². The number of hydrogen-bond donors (Lipinski definition) is 1. The van der Waals surface area contributed by atoms with Crippen LogP contribution in [0.25, 0.3) is 10.9 Å². The van der Waals surface area contributed by atoms with Gasteiger partial charge in [-0.3, -0.25) is 14.9 Å². The van der Waals surface area contributed by atoms with Gasteiger partial charge >= 0.3 is 0 Å². The molecule has 2 aromatic rings. The standard InChI is InChI=1S/C13H16N4/c1-2-15-9-13-12(1)7-11(8-16-13)10-17-5-3-14-4-6-17/h1-2,7-9,14H,3-6,10H2. The maximum Gasteiger partial charge on any atom is 0.0885 e. The van der Waals surface area contributed by atoms with Crippen molar-refractivity contribution < 1.29 is 0 Å². The summed E-state index contributed by atoms with van der Waals surface area (Å²) in [6.45, 7) is 5.41. The largest absolute Gasteiger partial charge is 0.314 e. The average Bonchev–Trinajstić information content (AvgIpc) is 2.40. The van der Waals surface area contributed by atoms with E-state index in [1.54, 1.807) is 0 Å². The van der Waals surface area contributed by atoms with Crippen LogP contribution >= 0.6 is 0 Å². The summed E-state index contributed by atoms with van der Waals surface area (Å²) in [6.07, 6.45) is 5.59. The van der Waals surface area contributed by atoms with E-state index in [-0.39, 0.29) is 0 Å². The third-order valence-electron chi connectivity index (χ3n) is 3.16. The fraction of sp³-hybridized carbons (Fsp3) is 0.385. The van der Waals surface area contributed by atoms with Crippen molar-refractivity contribution in [3.63, 3.8) is 0 Å². The van der Waals surface area contributed by atoms with Crippen molar-refractivity contribution in [2.24, 2.45) is 0 Å². The Hall–Kier alpha value is -1.52. The molecule has 4 heteroatoms. The van der Waals surface area contributed by atoms with Gasteiger partial charge in [0.25, 0.3) is 0 Å². The molecule has 88 valence electrons. The Balaban J connectivity index is 1.80. The molecule has 0 bridgehead atoms. The Morgan fingerprint density at radius 2 is 2.12 bits per heavy atom. The summed E-state index contributed by atoms with van der Waals surface area (Å²) < 4.78 is 0. The number of fused-ring (bicyclic) bond motifs is 1. The zero-order chi connectivity index (χ0) is 11.5. The molecule has 1 aliphatic heterocycles. The van der Waals surface area contributed by atoms with Crippen LogP contribution in [-0.4, -0.2) is 41.0 Å². The molecule has 0 radical (unpaired) electrons. The van der Waals surface area contributed by atoms with Gasteiger partial charge in [-0.25, -0.2) is 0 Å². The van der Waals surface area contributed by atoms with Crippen molar-refractivity contribution in [3.8, 4) is 0 Å². The first-order valence-electron chi connectivity index (χ1n) is 6.03. The minimum Gasteiger partial charge on any atom is -0.314 e. The molecule has 0 amide bonds. The van der Waals surface area contributed by atoms with Gasteiger partial charge < -0.3 is 5.32 Å². The Kier molecular flexibility index (Phi) is 2.98. The predicted octanol–water partition coefficient (Wildman–Crippen LogP) is 1.03. The first-order valence-corrected chi connectivity index (χ1v) is 6.03. The van der Waals surface area contributed by atoms with Gasteiger partial charge in [-0.2, -0.15) is 0 Å². The smallest absolute Gasteiger partial charge is 0.0885 e. The lowest BCUT2D eigenvalue weighted by atomic mass is 10.2. The first-order chi connectivity index (χ1) is 8.42. The molecule has 0 atom stereocenters. The molecule has 4 nitrogen and oxygen atoms in total. The highest BCUT2D eigenvalue weighted by atomic mass is 15.2. The quantitative estimate of drug-likeness (QED) is 0.833. The molecule has 1 N–H and O–H groups in total. The van der Waals surface area contributed by atoms with Crippen molar-refractivity contribution in [1.82, 2.24) is 20.2 Å². The van der Waals surface area contributed by atoms with Crippen molar-refractivity contribution in [2.45, 2.75) is 6.54 Å². The second kappa shape index (κ2) is 4.77. The topological polar surface area (TPSA) is 41.0 Å². The maximum atomic E-state index is 4.44. The van der Waals surface area contributed by atoms with Crippen molar-refractivity contribution >= 4 is 10.9 Å². The van der Waals surface area contributed by atoms with Crippen LogP contribution in [0.5, 0.6) is 0 Å². The molecule has 1 fully saturated rings. The highest BCUT2D eigenvalue weighted by Crippen LogP contribution is 2.13. The summed E-state index contributed by atoms with van der Waals surface area (Å²) in [4.78, 5) is 11.0. The van der Waals surface area contributed by atoms with Crippen molar-refractivity contribution in [1.29, 1.82) is 0 Å². The Bertz CT molecular complexity index is 506. The van der Waals surface area contributed by atoms with Crippen LogP contribution in [0.4, 0.5) is 0 Å². The summed E-state index contributed by atoms with van der Waals surface area (Å²) in [7, 11) is 0. The maximum absolute atomic E-state index is 4.44. The normalized spacial score (nSPS) is 17.4. The van der Waals surface area contributed by atoms with E-state index < -0.39 is 0 Å². The molecular formula is C13H16N4. The molecule has 17 heavy (non-hydrogen) atoms. The Labute approximate surface area is 101 Å². The molecule has 2 aromatic heterocycles. The molecule has 3 rings (SSSR count). The Morgan fingerprint density at radius 1 is 1.24 bits per heavy atom. The van der Waals surface area contributed by atoms with E-state index in [9.17, 15) is 0 Å². The van der Waals surface area contributed by atoms with Gasteiger partial charge in [-0.15, -0.1) is 0 Å². The van der Waals surface area contributed by atoms with E-state index in [0.717, 1.165) is 38.2 Å². The minimum atomic E-state index is 0.969. The van der Waals surface area contributed by atoms with Gasteiger partial charge in [0.05, 0.1) is 11.7 Å². The first kappa shape index (κ1) is 10.6. The fourth-order valence-corrected chi connectivity index (χ4v) is 2.23. The van der Waals surface area contributed by atoms with Gasteiger partial charge in [0.1, 0.15) is 0 Å². The van der Waals surface area contributed by atoms with Crippen LogP contribution in [0.2, 0.25) is 0 Å². The lowest BCUT2D eigenvalue weighted by molar-refractivity contribution is 0.233. The Morgan fingerprint density at radius 3 is 3.00 bits per heavy atom. The number of aromatic nitrogens is 2. The number of rotatable bonds is 2. The van der Waals surface area contributed by atoms with Crippen LogP contribution < -0.4 is 5.32 Å². The van der Waals surface area contributed by atoms with Gasteiger partial charge in [0.2, 0.25) is 0 Å². The van der Waals surface area contributed by atoms with Crippen molar-refractivity contribution in [2.75, 3.05) is 26.2 Å². The zero-order valence-electron chi connectivity index (χ0n) is 9.76. The molecule has 1 saturated heterocycles. The second-order valence-electron chi connectivity index (χ2n) is 4.44. The fourth-order valence-electron chi connectivity index (χ4n) is 2.23. The van der Waals surface area contributed by atoms with E-state index in [0.29, 0.717) is 0 Å². The number of pyridine rings is 2. The average molecular weight is 228 g/mol. The zero-order valence-corrected chi connectivity index (χ0v) is 9.76. The SMILES string of the molecule is c1cc2cc(CN3CCNCC3)cnc2cn1. The third kappa shape index (κ3) is 2.43. The molecule has 0 aliphatic carbocycles. The van der Waals surface area contributed by atoms with Gasteiger partial charge in [-0.1, -0.05) is 0 Å². The molecular weight excluding hydrogens is 212 g/mol. The third-order valence-corrected chi connectivity index (χ3v) is 3.16. The van der Waals surface area contributed by atoms with E-state index in [4.69, 9.17) is 0 Å². The molecule has 0 aromatic carbocycles. The molecule has 0 unspecified atom stereocenters. The van der Waals surface area contributed by atoms with Crippen LogP contribution in [0.3, 0.4) is 0 Å². The van der Waals surface area contributed by atoms with E-state index in [2.05, 4.69) is 26.3 Å². The minimum absolute atomic E-state index is 0.969. The van der Waals surface area contributed by atoms with Gasteiger partial charge in [-0.05, 0) is 17.7 Å². The highest BCUT2D eigenvalue weighted by molar-refractivity contribution is 5.77. The number of piperazine rings is 1. The number of nitrogens with zero attached hydrogens (tertiary/aromatic N) is 3. The summed E-state index contributed by atoms with van der Waals surface area (Å²) in [5.74, 6) is 0. The predicted molar refractivity (Wildman–Crippen MR) is 67.7 cm³/mol. The summed E-state index contributed by atoms with van der Waals surface area (Å²) in [5.41, 5.74) is 2.25. The van der Waals surface area contributed by atoms with E-state index in [1.807, 2.05) is 24.7 Å². The highest BCUT2D eigenvalue weighted by Gasteiger charge is 2.10. The molecule has 0 saturated carbocycles. The monoisotopic (exact) mass is 228 g/mol. The summed E-state index contributed by atoms with van der Waals surface area (Å²) in [5, 5.41) is 4.54. The van der Waals surface area contributed by atoms with Crippen LogP contribution in [0.15, 0.2) is 30.7 Å². The van der Waals surface area contributed by atoms with Gasteiger partial charge in [0, 0.05) is 50.5 Å². The summed E-state index contributed by atoms with van der Waals surface area (Å²) in [6, 6.07) is 4.23. The second-order valence-corrected chi connectivity index (χ2v) is 4.44. The van der Waals surface area contributed by atoms with Crippen molar-refractivity contribution in [3.05, 3.63) is 36.3 Å².